The molecule has 3 rings (SSSR count). The quantitative estimate of drug-likeness (QED) is 0.849. The zero-order valence-corrected chi connectivity index (χ0v) is 11.6. The molecular weight excluding hydrogens is 252 g/mol. The molecule has 0 aliphatic carbocycles. The first-order chi connectivity index (χ1) is 9.81. The summed E-state index contributed by atoms with van der Waals surface area (Å²) in [6, 6.07) is 14.1. The minimum Gasteiger partial charge on any atom is -0.493 e. The number of methoxy groups -OCH3 is 2. The van der Waals surface area contributed by atoms with Crippen molar-refractivity contribution in [2.24, 2.45) is 0 Å². The number of rotatable bonds is 3. The highest BCUT2D eigenvalue weighted by Crippen LogP contribution is 2.39. The van der Waals surface area contributed by atoms with E-state index < -0.39 is 0 Å². The number of benzene rings is 2. The van der Waals surface area contributed by atoms with Gasteiger partial charge in [-0.2, -0.15) is 0 Å². The Labute approximate surface area is 118 Å². The van der Waals surface area contributed by atoms with Crippen molar-refractivity contribution in [2.45, 2.75) is 6.61 Å². The van der Waals surface area contributed by atoms with Crippen molar-refractivity contribution in [2.75, 3.05) is 14.2 Å². The fraction of sp³-hybridized carbons (Fsp3) is 0.176. The predicted molar refractivity (Wildman–Crippen MR) is 78.6 cm³/mol. The highest BCUT2D eigenvalue weighted by atomic mass is 16.5. The normalized spacial score (nSPS) is 14.8. The largest absolute Gasteiger partial charge is 0.493 e. The van der Waals surface area contributed by atoms with Crippen molar-refractivity contribution in [3.63, 3.8) is 0 Å². The molecule has 0 spiro atoms. The van der Waals surface area contributed by atoms with Crippen molar-refractivity contribution in [1.29, 1.82) is 0 Å². The summed E-state index contributed by atoms with van der Waals surface area (Å²) in [5, 5.41) is 0. The average Bonchev–Trinajstić information content (AvgIpc) is 2.89. The summed E-state index contributed by atoms with van der Waals surface area (Å²) < 4.78 is 16.4. The van der Waals surface area contributed by atoms with Crippen LogP contribution >= 0.6 is 0 Å². The summed E-state index contributed by atoms with van der Waals surface area (Å²) in [6.45, 7) is 0.564. The van der Waals surface area contributed by atoms with Gasteiger partial charge in [-0.25, -0.2) is 0 Å². The lowest BCUT2D eigenvalue weighted by Crippen LogP contribution is -1.93. The lowest BCUT2D eigenvalue weighted by molar-refractivity contribution is 0.287. The molecule has 2 aromatic carbocycles. The van der Waals surface area contributed by atoms with Crippen LogP contribution in [0.5, 0.6) is 11.5 Å². The van der Waals surface area contributed by atoms with Crippen LogP contribution in [0, 0.1) is 0 Å². The first-order valence-electron chi connectivity index (χ1n) is 6.46. The lowest BCUT2D eigenvalue weighted by atomic mass is 10.1. The summed E-state index contributed by atoms with van der Waals surface area (Å²) >= 11 is 0. The Kier molecular flexibility index (Phi) is 3.33. The van der Waals surface area contributed by atoms with Crippen LogP contribution in [0.15, 0.2) is 42.5 Å². The number of fused-ring (bicyclic) bond motifs is 1. The van der Waals surface area contributed by atoms with Gasteiger partial charge in [0.2, 0.25) is 0 Å². The summed E-state index contributed by atoms with van der Waals surface area (Å²) in [5.74, 6) is 2.32. The van der Waals surface area contributed by atoms with Crippen LogP contribution in [-0.2, 0) is 11.3 Å². The van der Waals surface area contributed by atoms with E-state index in [1.165, 1.54) is 0 Å². The second-order valence-corrected chi connectivity index (χ2v) is 4.57. The van der Waals surface area contributed by atoms with Gasteiger partial charge in [-0.3, -0.25) is 0 Å². The zero-order valence-electron chi connectivity index (χ0n) is 11.6. The number of hydrogen-bond donors (Lipinski definition) is 0. The first-order valence-corrected chi connectivity index (χ1v) is 6.46. The van der Waals surface area contributed by atoms with Gasteiger partial charge in [-0.05, 0) is 23.8 Å². The Hall–Kier alpha value is -2.42. The third kappa shape index (κ3) is 2.23. The molecule has 1 heterocycles. The van der Waals surface area contributed by atoms with E-state index in [4.69, 9.17) is 14.2 Å². The fourth-order valence-corrected chi connectivity index (χ4v) is 2.32. The lowest BCUT2D eigenvalue weighted by Gasteiger charge is -2.09. The molecular formula is C17H16O3. The van der Waals surface area contributed by atoms with Gasteiger partial charge < -0.3 is 14.2 Å². The molecule has 0 aromatic heterocycles. The van der Waals surface area contributed by atoms with E-state index in [-0.39, 0.29) is 0 Å². The SMILES string of the molecule is COc1cc2c(cc1OC)/C(=C/c1ccccc1)OC2. The maximum Gasteiger partial charge on any atom is 0.161 e. The topological polar surface area (TPSA) is 27.7 Å². The van der Waals surface area contributed by atoms with Crippen LogP contribution in [0.3, 0.4) is 0 Å². The molecule has 0 N–H and O–H groups in total. The van der Waals surface area contributed by atoms with E-state index >= 15 is 0 Å². The van der Waals surface area contributed by atoms with Crippen LogP contribution in [0.4, 0.5) is 0 Å². The van der Waals surface area contributed by atoms with E-state index in [1.807, 2.05) is 36.4 Å². The van der Waals surface area contributed by atoms with Crippen molar-refractivity contribution >= 4 is 11.8 Å². The summed E-state index contributed by atoms with van der Waals surface area (Å²) in [4.78, 5) is 0. The molecule has 2 aromatic rings. The van der Waals surface area contributed by atoms with E-state index in [1.54, 1.807) is 14.2 Å². The van der Waals surface area contributed by atoms with E-state index in [2.05, 4.69) is 12.1 Å². The fourth-order valence-electron chi connectivity index (χ4n) is 2.32. The summed E-state index contributed by atoms with van der Waals surface area (Å²) in [5.41, 5.74) is 3.29. The number of hydrogen-bond acceptors (Lipinski definition) is 3. The maximum absolute atomic E-state index is 5.78. The maximum atomic E-state index is 5.78. The van der Waals surface area contributed by atoms with Crippen molar-refractivity contribution in [3.05, 3.63) is 59.2 Å². The van der Waals surface area contributed by atoms with Crippen LogP contribution in [0.2, 0.25) is 0 Å². The highest BCUT2D eigenvalue weighted by molar-refractivity contribution is 5.81. The molecule has 0 amide bonds. The molecule has 0 fully saturated rings. The Morgan fingerprint density at radius 3 is 2.40 bits per heavy atom. The van der Waals surface area contributed by atoms with Gasteiger partial charge in [-0.1, -0.05) is 30.3 Å². The summed E-state index contributed by atoms with van der Waals surface area (Å²) in [6.07, 6.45) is 2.04. The van der Waals surface area contributed by atoms with Gasteiger partial charge in [-0.15, -0.1) is 0 Å². The van der Waals surface area contributed by atoms with Crippen molar-refractivity contribution in [1.82, 2.24) is 0 Å². The van der Waals surface area contributed by atoms with E-state index in [0.29, 0.717) is 6.61 Å². The Morgan fingerprint density at radius 1 is 1.00 bits per heavy atom. The van der Waals surface area contributed by atoms with Gasteiger partial charge >= 0.3 is 0 Å². The second kappa shape index (κ2) is 5.29. The van der Waals surface area contributed by atoms with Crippen LogP contribution < -0.4 is 9.47 Å². The molecule has 1 aliphatic rings. The molecule has 0 radical (unpaired) electrons. The Balaban J connectivity index is 2.04. The molecule has 20 heavy (non-hydrogen) atoms. The monoisotopic (exact) mass is 268 g/mol. The molecule has 3 nitrogen and oxygen atoms in total. The van der Waals surface area contributed by atoms with Crippen molar-refractivity contribution in [3.8, 4) is 11.5 Å². The number of ether oxygens (including phenoxy) is 3. The standard InChI is InChI=1S/C17H16O3/c1-18-16-9-13-11-20-15(14(13)10-17(16)19-2)8-12-6-4-3-5-7-12/h3-10H,11H2,1-2H3/b15-8-. The third-order valence-electron chi connectivity index (χ3n) is 3.36. The molecule has 102 valence electrons. The molecule has 0 unspecified atom stereocenters. The molecule has 0 saturated carbocycles. The van der Waals surface area contributed by atoms with Gasteiger partial charge in [0.1, 0.15) is 12.4 Å². The first kappa shape index (κ1) is 12.6. The average molecular weight is 268 g/mol. The molecule has 0 saturated heterocycles. The Morgan fingerprint density at radius 2 is 1.70 bits per heavy atom. The molecule has 0 atom stereocenters. The Bertz CT molecular complexity index is 645. The van der Waals surface area contributed by atoms with Crippen molar-refractivity contribution < 1.29 is 14.2 Å². The second-order valence-electron chi connectivity index (χ2n) is 4.57. The predicted octanol–water partition coefficient (Wildman–Crippen LogP) is 3.73. The minimum atomic E-state index is 0.564. The molecule has 3 heteroatoms. The smallest absolute Gasteiger partial charge is 0.161 e. The summed E-state index contributed by atoms with van der Waals surface area (Å²) in [7, 11) is 3.28. The van der Waals surface area contributed by atoms with Gasteiger partial charge in [0, 0.05) is 11.1 Å². The van der Waals surface area contributed by atoms with Gasteiger partial charge in [0.15, 0.2) is 11.5 Å². The van der Waals surface area contributed by atoms with E-state index in [9.17, 15) is 0 Å². The van der Waals surface area contributed by atoms with Crippen LogP contribution in [-0.4, -0.2) is 14.2 Å². The highest BCUT2D eigenvalue weighted by Gasteiger charge is 2.21. The minimum absolute atomic E-state index is 0.564. The molecule has 1 aliphatic heterocycles. The van der Waals surface area contributed by atoms with Crippen LogP contribution in [0.25, 0.3) is 11.8 Å². The van der Waals surface area contributed by atoms with E-state index in [0.717, 1.165) is 33.9 Å². The zero-order chi connectivity index (χ0) is 13.9. The van der Waals surface area contributed by atoms with Crippen LogP contribution in [0.1, 0.15) is 16.7 Å². The third-order valence-corrected chi connectivity index (χ3v) is 3.36. The molecule has 0 bridgehead atoms. The van der Waals surface area contributed by atoms with Gasteiger partial charge in [0.05, 0.1) is 14.2 Å². The van der Waals surface area contributed by atoms with Gasteiger partial charge in [0.25, 0.3) is 0 Å².